The van der Waals surface area contributed by atoms with Gasteiger partial charge in [0.15, 0.2) is 11.5 Å². The first-order chi connectivity index (χ1) is 15.2. The summed E-state index contributed by atoms with van der Waals surface area (Å²) in [7, 11) is -0.445. The van der Waals surface area contributed by atoms with E-state index in [2.05, 4.69) is 5.32 Å². The summed E-state index contributed by atoms with van der Waals surface area (Å²) in [6.45, 7) is 0.443. The van der Waals surface area contributed by atoms with E-state index in [0.29, 0.717) is 35.7 Å². The minimum absolute atomic E-state index is 0.0687. The van der Waals surface area contributed by atoms with Gasteiger partial charge in [0.1, 0.15) is 11.7 Å². The van der Waals surface area contributed by atoms with Crippen molar-refractivity contribution in [3.63, 3.8) is 0 Å². The number of anilines is 2. The number of nitrogens with one attached hydrogen (secondary N) is 1. The Morgan fingerprint density at radius 3 is 2.69 bits per heavy atom. The molecule has 1 N–H and O–H groups in total. The Hall–Kier alpha value is -3.27. The molecule has 1 amide bonds. The highest BCUT2D eigenvalue weighted by Gasteiger charge is 2.37. The highest BCUT2D eigenvalue weighted by molar-refractivity contribution is 7.92. The molecule has 2 aromatic carbocycles. The number of cyclic esters (lactones) is 1. The van der Waals surface area contributed by atoms with Gasteiger partial charge in [-0.2, -0.15) is 0 Å². The van der Waals surface area contributed by atoms with Gasteiger partial charge in [0.05, 0.1) is 32.6 Å². The van der Waals surface area contributed by atoms with Gasteiger partial charge in [0.25, 0.3) is 0 Å². The average Bonchev–Trinajstić information content (AvgIpc) is 3.06. The molecule has 10 heteroatoms. The zero-order chi connectivity index (χ0) is 23.0. The van der Waals surface area contributed by atoms with E-state index in [4.69, 9.17) is 14.2 Å². The quantitative estimate of drug-likeness (QED) is 0.660. The van der Waals surface area contributed by atoms with E-state index >= 15 is 0 Å². The van der Waals surface area contributed by atoms with Crippen LogP contribution in [0.3, 0.4) is 0 Å². The fourth-order valence-corrected chi connectivity index (χ4v) is 5.19. The molecule has 0 bridgehead atoms. The van der Waals surface area contributed by atoms with Crippen LogP contribution in [-0.2, 0) is 26.0 Å². The third-order valence-corrected chi connectivity index (χ3v) is 6.77. The Morgan fingerprint density at radius 1 is 1.22 bits per heavy atom. The first-order valence-corrected chi connectivity index (χ1v) is 11.9. The standard InChI is InChI=1S/C22H24N2O7S/c1-29-17-9-7-15-18(31-22(26)20(15)21(17)30-2)12-19(25)23-14-6-8-16-13(11-14)5-4-10-24(16)32(3,27)28/h6-9,11,18H,4-5,10,12H2,1-3H3,(H,23,25)/t18-/m0/s1. The molecule has 0 aromatic heterocycles. The van der Waals surface area contributed by atoms with E-state index in [0.717, 1.165) is 12.0 Å². The van der Waals surface area contributed by atoms with Crippen LogP contribution in [0.1, 0.15) is 40.4 Å². The molecule has 2 aliphatic heterocycles. The van der Waals surface area contributed by atoms with Crippen LogP contribution in [-0.4, -0.2) is 47.3 Å². The summed E-state index contributed by atoms with van der Waals surface area (Å²) in [5.74, 6) is -0.210. The summed E-state index contributed by atoms with van der Waals surface area (Å²) in [4.78, 5) is 25.1. The number of amides is 1. The largest absolute Gasteiger partial charge is 0.493 e. The molecule has 0 spiro atoms. The number of nitrogens with zero attached hydrogens (tertiary/aromatic N) is 1. The fraction of sp³-hybridized carbons (Fsp3) is 0.364. The number of aryl methyl sites for hydroxylation is 1. The third kappa shape index (κ3) is 3.97. The van der Waals surface area contributed by atoms with Gasteiger partial charge in [-0.1, -0.05) is 6.07 Å². The maximum absolute atomic E-state index is 12.7. The van der Waals surface area contributed by atoms with Crippen molar-refractivity contribution in [2.45, 2.75) is 25.4 Å². The highest BCUT2D eigenvalue weighted by Crippen LogP contribution is 2.43. The molecule has 0 saturated heterocycles. The van der Waals surface area contributed by atoms with Gasteiger partial charge in [-0.3, -0.25) is 9.10 Å². The van der Waals surface area contributed by atoms with Crippen molar-refractivity contribution in [2.75, 3.05) is 36.6 Å². The van der Waals surface area contributed by atoms with Gasteiger partial charge >= 0.3 is 5.97 Å². The second-order valence-electron chi connectivity index (χ2n) is 7.69. The molecule has 170 valence electrons. The molecule has 2 heterocycles. The van der Waals surface area contributed by atoms with Gasteiger partial charge in [-0.25, -0.2) is 13.2 Å². The predicted molar refractivity (Wildman–Crippen MR) is 118 cm³/mol. The van der Waals surface area contributed by atoms with E-state index in [1.54, 1.807) is 30.3 Å². The first kappa shape index (κ1) is 21.9. The number of hydrogen-bond donors (Lipinski definition) is 1. The number of hydrogen-bond acceptors (Lipinski definition) is 7. The van der Waals surface area contributed by atoms with Gasteiger partial charge in [0.2, 0.25) is 15.9 Å². The van der Waals surface area contributed by atoms with Gasteiger partial charge in [-0.15, -0.1) is 0 Å². The van der Waals surface area contributed by atoms with E-state index in [1.165, 1.54) is 24.8 Å². The molecule has 2 aliphatic rings. The number of sulfonamides is 1. The zero-order valence-electron chi connectivity index (χ0n) is 18.0. The smallest absolute Gasteiger partial charge is 0.343 e. The minimum atomic E-state index is -3.36. The van der Waals surface area contributed by atoms with Crippen LogP contribution in [0, 0.1) is 0 Å². The van der Waals surface area contributed by atoms with Crippen LogP contribution in [0.25, 0.3) is 0 Å². The lowest BCUT2D eigenvalue weighted by molar-refractivity contribution is -0.118. The van der Waals surface area contributed by atoms with Crippen molar-refractivity contribution < 1.29 is 32.2 Å². The molecule has 0 radical (unpaired) electrons. The lowest BCUT2D eigenvalue weighted by atomic mass is 10.0. The van der Waals surface area contributed by atoms with Crippen molar-refractivity contribution in [1.29, 1.82) is 0 Å². The number of carbonyl (C=O) groups excluding carboxylic acids is 2. The average molecular weight is 461 g/mol. The molecule has 32 heavy (non-hydrogen) atoms. The summed E-state index contributed by atoms with van der Waals surface area (Å²) >= 11 is 0. The van der Waals surface area contributed by atoms with Crippen LogP contribution in [0.4, 0.5) is 11.4 Å². The monoisotopic (exact) mass is 460 g/mol. The molecule has 0 unspecified atom stereocenters. The Labute approximate surface area is 186 Å². The van der Waals surface area contributed by atoms with Crippen molar-refractivity contribution >= 4 is 33.3 Å². The molecule has 0 saturated carbocycles. The van der Waals surface area contributed by atoms with Crippen molar-refractivity contribution in [3.05, 3.63) is 47.0 Å². The summed E-state index contributed by atoms with van der Waals surface area (Å²) in [5, 5.41) is 2.82. The predicted octanol–water partition coefficient (Wildman–Crippen LogP) is 2.66. The van der Waals surface area contributed by atoms with E-state index in [-0.39, 0.29) is 23.6 Å². The number of benzene rings is 2. The lowest BCUT2D eigenvalue weighted by Crippen LogP contribution is -2.34. The van der Waals surface area contributed by atoms with Gasteiger partial charge in [0, 0.05) is 17.8 Å². The first-order valence-electron chi connectivity index (χ1n) is 10.1. The van der Waals surface area contributed by atoms with E-state index in [9.17, 15) is 18.0 Å². The van der Waals surface area contributed by atoms with Crippen molar-refractivity contribution in [3.8, 4) is 11.5 Å². The molecule has 1 atom stereocenters. The molecular formula is C22H24N2O7S. The van der Waals surface area contributed by atoms with Crippen LogP contribution >= 0.6 is 0 Å². The second kappa shape index (κ2) is 8.34. The van der Waals surface area contributed by atoms with Crippen molar-refractivity contribution in [1.82, 2.24) is 0 Å². The number of methoxy groups -OCH3 is 2. The van der Waals surface area contributed by atoms with Gasteiger partial charge in [-0.05, 0) is 42.7 Å². The number of rotatable bonds is 6. The van der Waals surface area contributed by atoms with Gasteiger partial charge < -0.3 is 19.5 Å². The Morgan fingerprint density at radius 2 is 2.00 bits per heavy atom. The molecule has 0 fully saturated rings. The van der Waals surface area contributed by atoms with E-state index < -0.39 is 22.1 Å². The molecule has 0 aliphatic carbocycles. The van der Waals surface area contributed by atoms with Crippen molar-refractivity contribution in [2.24, 2.45) is 0 Å². The second-order valence-corrected chi connectivity index (χ2v) is 9.60. The Balaban J connectivity index is 1.51. The number of esters is 1. The molecule has 2 aromatic rings. The SMILES string of the molecule is COc1ccc2c(c1OC)C(=O)O[C@H]2CC(=O)Nc1ccc2c(c1)CCCN2S(C)(=O)=O. The summed E-state index contributed by atoms with van der Waals surface area (Å²) < 4.78 is 41.4. The summed E-state index contributed by atoms with van der Waals surface area (Å²) in [6.07, 6.45) is 1.80. The number of carbonyl (C=O) groups is 2. The third-order valence-electron chi connectivity index (χ3n) is 5.59. The maximum Gasteiger partial charge on any atom is 0.343 e. The normalized spacial score (nSPS) is 17.3. The molecule has 4 rings (SSSR count). The maximum atomic E-state index is 12.7. The Bertz CT molecular complexity index is 1190. The van der Waals surface area contributed by atoms with Crippen LogP contribution in [0.2, 0.25) is 0 Å². The lowest BCUT2D eigenvalue weighted by Gasteiger charge is -2.29. The summed E-state index contributed by atoms with van der Waals surface area (Å²) in [5.41, 5.74) is 2.88. The van der Waals surface area contributed by atoms with Crippen LogP contribution in [0.5, 0.6) is 11.5 Å². The van der Waals surface area contributed by atoms with E-state index in [1.807, 2.05) is 0 Å². The Kier molecular flexibility index (Phi) is 5.72. The highest BCUT2D eigenvalue weighted by atomic mass is 32.2. The number of fused-ring (bicyclic) bond motifs is 2. The molecule has 9 nitrogen and oxygen atoms in total. The van der Waals surface area contributed by atoms with Crippen LogP contribution in [0.15, 0.2) is 30.3 Å². The van der Waals surface area contributed by atoms with Crippen LogP contribution < -0.4 is 19.1 Å². The fourth-order valence-electron chi connectivity index (χ4n) is 4.19. The summed E-state index contributed by atoms with van der Waals surface area (Å²) in [6, 6.07) is 8.52. The number of ether oxygens (including phenoxy) is 3. The zero-order valence-corrected chi connectivity index (χ0v) is 18.8. The molecular weight excluding hydrogens is 436 g/mol. The topological polar surface area (TPSA) is 111 Å². The minimum Gasteiger partial charge on any atom is -0.493 e.